The molecule has 2 amide bonds. The number of Topliss-reactive ketones (excluding diaryl/α,β-unsaturated/α-hetero) is 1. The number of benzene rings is 3. The Kier molecular flexibility index (Phi) is 9.03. The maximum Gasteiger partial charge on any atom is 0.289 e. The molecule has 8 nitrogen and oxygen atoms in total. The summed E-state index contributed by atoms with van der Waals surface area (Å²) in [5.74, 6) is -0.253. The van der Waals surface area contributed by atoms with Gasteiger partial charge in [0.2, 0.25) is 11.7 Å². The van der Waals surface area contributed by atoms with E-state index in [0.717, 1.165) is 21.6 Å². The van der Waals surface area contributed by atoms with Crippen LogP contribution in [0.15, 0.2) is 77.7 Å². The van der Waals surface area contributed by atoms with E-state index >= 15 is 0 Å². The Morgan fingerprint density at radius 1 is 0.950 bits per heavy atom. The summed E-state index contributed by atoms with van der Waals surface area (Å²) in [5.41, 5.74) is 2.92. The van der Waals surface area contributed by atoms with Gasteiger partial charge >= 0.3 is 0 Å². The van der Waals surface area contributed by atoms with Gasteiger partial charge in [-0.2, -0.15) is 0 Å². The predicted octanol–water partition coefficient (Wildman–Crippen LogP) is 3.37. The normalized spacial score (nSPS) is 16.9. The Labute approximate surface area is 238 Å². The van der Waals surface area contributed by atoms with Gasteiger partial charge in [-0.15, -0.1) is 0 Å². The number of hydrogen-bond acceptors (Lipinski definition) is 7. The smallest absolute Gasteiger partial charge is 0.289 e. The maximum atomic E-state index is 13.7. The molecule has 0 saturated carbocycles. The zero-order valence-corrected chi connectivity index (χ0v) is 23.2. The summed E-state index contributed by atoms with van der Waals surface area (Å²) in [7, 11) is 0. The van der Waals surface area contributed by atoms with Crippen LogP contribution in [-0.2, 0) is 33.6 Å². The quantitative estimate of drug-likeness (QED) is 0.290. The number of ketones is 1. The molecular weight excluding hydrogens is 526 g/mol. The van der Waals surface area contributed by atoms with Gasteiger partial charge in [0.15, 0.2) is 11.5 Å². The van der Waals surface area contributed by atoms with Gasteiger partial charge in [0.1, 0.15) is 25.3 Å². The number of rotatable bonds is 10. The van der Waals surface area contributed by atoms with Crippen LogP contribution in [0.2, 0.25) is 0 Å². The molecule has 0 fully saturated rings. The second-order valence-electron chi connectivity index (χ2n) is 9.75. The first-order valence-electron chi connectivity index (χ1n) is 13.6. The van der Waals surface area contributed by atoms with E-state index in [1.165, 1.54) is 11.9 Å². The molecule has 2 aliphatic rings. The first-order valence-corrected chi connectivity index (χ1v) is 14.4. The Morgan fingerprint density at radius 3 is 2.27 bits per heavy atom. The zero-order valence-electron chi connectivity index (χ0n) is 22.4. The lowest BCUT2D eigenvalue weighted by Crippen LogP contribution is -2.54. The van der Waals surface area contributed by atoms with Gasteiger partial charge in [0.05, 0.1) is 0 Å². The van der Waals surface area contributed by atoms with Crippen LogP contribution in [0.25, 0.3) is 0 Å². The first kappa shape index (κ1) is 27.7. The number of nitrogens with zero attached hydrogens (tertiary/aromatic N) is 1. The average Bonchev–Trinajstić information content (AvgIpc) is 2.99. The minimum Gasteiger partial charge on any atom is -0.486 e. The number of ether oxygens (including phenoxy) is 2. The molecule has 2 heterocycles. The zero-order chi connectivity index (χ0) is 27.9. The second kappa shape index (κ2) is 13.0. The molecule has 0 aromatic heterocycles. The third kappa shape index (κ3) is 6.66. The molecule has 40 heavy (non-hydrogen) atoms. The van der Waals surface area contributed by atoms with Gasteiger partial charge in [0.25, 0.3) is 5.91 Å². The SMILES string of the molecule is CCN1Sc2cc3c(cc2CC1C(=O)NC(Cc1ccccc1)C(=O)C(=O)NCCc1ccccc1)OCCO3. The van der Waals surface area contributed by atoms with Gasteiger partial charge in [0, 0.05) is 24.4 Å². The van der Waals surface area contributed by atoms with Crippen LogP contribution in [0, 0.1) is 0 Å². The topological polar surface area (TPSA) is 97.0 Å². The molecular formula is C31H33N3O5S. The molecule has 0 spiro atoms. The molecule has 5 rings (SSSR count). The number of fused-ring (bicyclic) bond motifs is 2. The molecule has 3 aromatic carbocycles. The van der Waals surface area contributed by atoms with Crippen LogP contribution >= 0.6 is 11.9 Å². The maximum absolute atomic E-state index is 13.7. The Bertz CT molecular complexity index is 1350. The fraction of sp³-hybridized carbons (Fsp3) is 0.323. The van der Waals surface area contributed by atoms with Crippen molar-refractivity contribution in [2.75, 3.05) is 26.3 Å². The highest BCUT2D eigenvalue weighted by molar-refractivity contribution is 7.97. The van der Waals surface area contributed by atoms with Crippen molar-refractivity contribution in [2.45, 2.75) is 43.2 Å². The molecule has 2 N–H and O–H groups in total. The van der Waals surface area contributed by atoms with Crippen LogP contribution in [-0.4, -0.2) is 60.3 Å². The first-order chi connectivity index (χ1) is 19.5. The van der Waals surface area contributed by atoms with Crippen molar-refractivity contribution in [2.24, 2.45) is 0 Å². The fourth-order valence-corrected chi connectivity index (χ4v) is 6.00. The lowest BCUT2D eigenvalue weighted by molar-refractivity contribution is -0.140. The number of carbonyl (C=O) groups is 3. The third-order valence-electron chi connectivity index (χ3n) is 7.00. The second-order valence-corrected chi connectivity index (χ2v) is 10.8. The monoisotopic (exact) mass is 559 g/mol. The van der Waals surface area contributed by atoms with Crippen molar-refractivity contribution in [3.63, 3.8) is 0 Å². The van der Waals surface area contributed by atoms with Crippen molar-refractivity contribution in [1.29, 1.82) is 0 Å². The van der Waals surface area contributed by atoms with Crippen LogP contribution in [0.3, 0.4) is 0 Å². The van der Waals surface area contributed by atoms with E-state index in [1.54, 1.807) is 0 Å². The van der Waals surface area contributed by atoms with E-state index in [-0.39, 0.29) is 12.3 Å². The Morgan fingerprint density at radius 2 is 1.60 bits per heavy atom. The van der Waals surface area contributed by atoms with E-state index in [9.17, 15) is 14.4 Å². The highest BCUT2D eigenvalue weighted by Gasteiger charge is 2.36. The Balaban J connectivity index is 1.29. The Hall–Kier alpha value is -3.82. The summed E-state index contributed by atoms with van der Waals surface area (Å²) >= 11 is 1.49. The lowest BCUT2D eigenvalue weighted by atomic mass is 9.99. The van der Waals surface area contributed by atoms with Crippen molar-refractivity contribution < 1.29 is 23.9 Å². The molecule has 2 unspecified atom stereocenters. The molecule has 9 heteroatoms. The summed E-state index contributed by atoms with van der Waals surface area (Å²) in [5, 5.41) is 5.65. The molecule has 0 saturated heterocycles. The molecule has 208 valence electrons. The van der Waals surface area contributed by atoms with Crippen molar-refractivity contribution >= 4 is 29.5 Å². The van der Waals surface area contributed by atoms with Crippen LogP contribution in [0.4, 0.5) is 0 Å². The van der Waals surface area contributed by atoms with E-state index in [1.807, 2.05) is 84.0 Å². The minimum absolute atomic E-state index is 0.221. The average molecular weight is 560 g/mol. The van der Waals surface area contributed by atoms with E-state index in [0.29, 0.717) is 50.6 Å². The number of amides is 2. The summed E-state index contributed by atoms with van der Waals surface area (Å²) in [6.07, 6.45) is 1.28. The molecule has 0 radical (unpaired) electrons. The third-order valence-corrected chi connectivity index (χ3v) is 8.32. The van der Waals surface area contributed by atoms with Crippen LogP contribution < -0.4 is 20.1 Å². The number of hydrogen-bond donors (Lipinski definition) is 2. The largest absolute Gasteiger partial charge is 0.486 e. The van der Waals surface area contributed by atoms with Gasteiger partial charge in [-0.3, -0.25) is 14.4 Å². The van der Waals surface area contributed by atoms with Crippen molar-refractivity contribution in [3.05, 3.63) is 89.5 Å². The fourth-order valence-electron chi connectivity index (χ4n) is 4.90. The summed E-state index contributed by atoms with van der Waals surface area (Å²) in [6, 6.07) is 21.6. The standard InChI is InChI=1S/C31H33N3O5S/c1-2-34-25(18-23-19-26-27(20-28(23)40-34)39-16-15-38-26)30(36)33-24(17-22-11-7-4-8-12-22)29(35)31(37)32-14-13-21-9-5-3-6-10-21/h3-12,19-20,24-25H,2,13-18H2,1H3,(H,32,37)(H,33,36). The number of likely N-dealkylation sites (N-methyl/N-ethyl adjacent to an activating group) is 1. The van der Waals surface area contributed by atoms with Crippen LogP contribution in [0.1, 0.15) is 23.6 Å². The highest BCUT2D eigenvalue weighted by Crippen LogP contribution is 2.42. The molecule has 3 aromatic rings. The van der Waals surface area contributed by atoms with Crippen molar-refractivity contribution in [3.8, 4) is 11.5 Å². The minimum atomic E-state index is -0.989. The van der Waals surface area contributed by atoms with Gasteiger partial charge in [-0.25, -0.2) is 4.31 Å². The van der Waals surface area contributed by atoms with E-state index < -0.39 is 23.8 Å². The van der Waals surface area contributed by atoms with Gasteiger partial charge in [-0.1, -0.05) is 67.6 Å². The van der Waals surface area contributed by atoms with Gasteiger partial charge in [-0.05, 0) is 53.6 Å². The molecule has 2 atom stereocenters. The van der Waals surface area contributed by atoms with Crippen molar-refractivity contribution in [1.82, 2.24) is 14.9 Å². The molecule has 0 aliphatic carbocycles. The van der Waals surface area contributed by atoms with E-state index in [4.69, 9.17) is 9.47 Å². The number of carbonyl (C=O) groups excluding carboxylic acids is 3. The summed E-state index contributed by atoms with van der Waals surface area (Å²) in [6.45, 7) is 3.93. The van der Waals surface area contributed by atoms with Crippen LogP contribution in [0.5, 0.6) is 11.5 Å². The molecule has 2 aliphatic heterocycles. The van der Waals surface area contributed by atoms with E-state index in [2.05, 4.69) is 10.6 Å². The highest BCUT2D eigenvalue weighted by atomic mass is 32.2. The lowest BCUT2D eigenvalue weighted by Gasteiger charge is -2.35. The number of nitrogens with one attached hydrogen (secondary N) is 2. The molecule has 0 bridgehead atoms. The van der Waals surface area contributed by atoms with Gasteiger partial charge < -0.3 is 20.1 Å². The summed E-state index contributed by atoms with van der Waals surface area (Å²) in [4.78, 5) is 40.9. The predicted molar refractivity (Wildman–Crippen MR) is 153 cm³/mol. The summed E-state index contributed by atoms with van der Waals surface area (Å²) < 4.78 is 13.5.